The van der Waals surface area contributed by atoms with E-state index in [1.807, 2.05) is 0 Å². The molecule has 2 unspecified atom stereocenters. The first-order valence-electron chi connectivity index (χ1n) is 6.83. The van der Waals surface area contributed by atoms with Gasteiger partial charge in [-0.15, -0.1) is 0 Å². The molecule has 0 bridgehead atoms. The molecule has 124 valence electrons. The molecule has 7 nitrogen and oxygen atoms in total. The Morgan fingerprint density at radius 3 is 2.22 bits per heavy atom. The Kier molecular flexibility index (Phi) is 6.95. The van der Waals surface area contributed by atoms with Crippen molar-refractivity contribution in [2.75, 3.05) is 6.61 Å². The molecule has 0 amide bonds. The fraction of sp³-hybridized carbons (Fsp3) is 0.312. The molecule has 0 saturated heterocycles. The van der Waals surface area contributed by atoms with Crippen LogP contribution in [0.1, 0.15) is 34.6 Å². The van der Waals surface area contributed by atoms with E-state index in [-0.39, 0.29) is 17.7 Å². The summed E-state index contributed by atoms with van der Waals surface area (Å²) in [6.45, 7) is 5.84. The van der Waals surface area contributed by atoms with Crippen molar-refractivity contribution >= 4 is 17.9 Å². The maximum Gasteiger partial charge on any atom is 0.342 e. The van der Waals surface area contributed by atoms with E-state index >= 15 is 0 Å². The summed E-state index contributed by atoms with van der Waals surface area (Å²) in [6.07, 6.45) is -1.03. The molecule has 0 spiro atoms. The third kappa shape index (κ3) is 5.91. The summed E-state index contributed by atoms with van der Waals surface area (Å²) in [4.78, 5) is 35.1. The van der Waals surface area contributed by atoms with Crippen LogP contribution in [0.15, 0.2) is 36.9 Å². The van der Waals surface area contributed by atoms with Crippen LogP contribution in [0.5, 0.6) is 0 Å². The lowest BCUT2D eigenvalue weighted by Gasteiger charge is -2.14. The van der Waals surface area contributed by atoms with Gasteiger partial charge >= 0.3 is 17.9 Å². The number of hydrogen-bond donors (Lipinski definition) is 1. The molecule has 1 N–H and O–H groups in total. The fourth-order valence-electron chi connectivity index (χ4n) is 1.56. The SMILES string of the molecule is C=CC(=O)OC(C)OC(=O)c1ccccc1C(=O)OCC(C)O. The number of carbonyl (C=O) groups is 3. The number of ether oxygens (including phenoxy) is 3. The van der Waals surface area contributed by atoms with Crippen molar-refractivity contribution in [1.82, 2.24) is 0 Å². The maximum absolute atomic E-state index is 12.1. The second-order valence-electron chi connectivity index (χ2n) is 4.61. The first kappa shape index (κ1) is 18.4. The minimum Gasteiger partial charge on any atom is -0.459 e. The van der Waals surface area contributed by atoms with Gasteiger partial charge in [-0.3, -0.25) is 0 Å². The molecule has 0 saturated carbocycles. The van der Waals surface area contributed by atoms with Crippen molar-refractivity contribution in [2.24, 2.45) is 0 Å². The molecule has 0 radical (unpaired) electrons. The van der Waals surface area contributed by atoms with Gasteiger partial charge in [0.05, 0.1) is 17.2 Å². The van der Waals surface area contributed by atoms with Crippen molar-refractivity contribution in [3.05, 3.63) is 48.0 Å². The Morgan fingerprint density at radius 2 is 1.70 bits per heavy atom. The van der Waals surface area contributed by atoms with E-state index in [1.165, 1.54) is 26.0 Å². The van der Waals surface area contributed by atoms with E-state index in [4.69, 9.17) is 19.3 Å². The minimum atomic E-state index is -1.14. The summed E-state index contributed by atoms with van der Waals surface area (Å²) < 4.78 is 14.5. The quantitative estimate of drug-likeness (QED) is 0.461. The minimum absolute atomic E-state index is 0.0135. The highest BCUT2D eigenvalue weighted by Crippen LogP contribution is 2.13. The molecule has 0 aliphatic heterocycles. The van der Waals surface area contributed by atoms with Crippen LogP contribution in [-0.2, 0) is 19.0 Å². The van der Waals surface area contributed by atoms with Crippen LogP contribution < -0.4 is 0 Å². The second kappa shape index (κ2) is 8.70. The lowest BCUT2D eigenvalue weighted by atomic mass is 10.1. The average molecular weight is 322 g/mol. The van der Waals surface area contributed by atoms with Gasteiger partial charge in [0.2, 0.25) is 6.29 Å². The van der Waals surface area contributed by atoms with Gasteiger partial charge in [-0.25, -0.2) is 14.4 Å². The van der Waals surface area contributed by atoms with Crippen LogP contribution in [0.2, 0.25) is 0 Å². The molecule has 1 rings (SSSR count). The normalized spacial score (nSPS) is 12.7. The summed E-state index contributed by atoms with van der Waals surface area (Å²) >= 11 is 0. The third-order valence-electron chi connectivity index (χ3n) is 2.54. The van der Waals surface area contributed by atoms with Crippen LogP contribution in [-0.4, -0.2) is 42.0 Å². The lowest BCUT2D eigenvalue weighted by molar-refractivity contribution is -0.159. The van der Waals surface area contributed by atoms with E-state index in [2.05, 4.69) is 6.58 Å². The molecule has 0 heterocycles. The number of hydrogen-bond acceptors (Lipinski definition) is 7. The van der Waals surface area contributed by atoms with Gasteiger partial charge in [-0.1, -0.05) is 18.7 Å². The summed E-state index contributed by atoms with van der Waals surface area (Å²) in [5.74, 6) is -2.36. The largest absolute Gasteiger partial charge is 0.459 e. The molecular formula is C16H18O7. The van der Waals surface area contributed by atoms with E-state index < -0.39 is 30.3 Å². The molecule has 0 fully saturated rings. The average Bonchev–Trinajstić information content (AvgIpc) is 2.52. The van der Waals surface area contributed by atoms with Crippen molar-refractivity contribution in [3.63, 3.8) is 0 Å². The van der Waals surface area contributed by atoms with Crippen LogP contribution in [0.25, 0.3) is 0 Å². The van der Waals surface area contributed by atoms with Gasteiger partial charge in [0.15, 0.2) is 0 Å². The number of rotatable bonds is 7. The molecular weight excluding hydrogens is 304 g/mol. The number of aliphatic hydroxyl groups is 1. The Hall–Kier alpha value is -2.67. The number of benzene rings is 1. The molecule has 0 aliphatic carbocycles. The van der Waals surface area contributed by atoms with Gasteiger partial charge in [0.25, 0.3) is 0 Å². The number of esters is 3. The summed E-state index contributed by atoms with van der Waals surface area (Å²) in [6, 6.07) is 5.87. The van der Waals surface area contributed by atoms with Crippen molar-refractivity contribution in [2.45, 2.75) is 26.2 Å². The maximum atomic E-state index is 12.1. The van der Waals surface area contributed by atoms with Crippen LogP contribution in [0.4, 0.5) is 0 Å². The number of carbonyl (C=O) groups excluding carboxylic acids is 3. The Morgan fingerprint density at radius 1 is 1.13 bits per heavy atom. The summed E-state index contributed by atoms with van der Waals surface area (Å²) in [5.41, 5.74) is -0.0509. The van der Waals surface area contributed by atoms with E-state index in [0.29, 0.717) is 0 Å². The summed E-state index contributed by atoms with van der Waals surface area (Å²) in [7, 11) is 0. The molecule has 0 aliphatic rings. The first-order chi connectivity index (χ1) is 10.8. The van der Waals surface area contributed by atoms with Crippen molar-refractivity contribution in [1.29, 1.82) is 0 Å². The molecule has 7 heteroatoms. The van der Waals surface area contributed by atoms with Crippen LogP contribution in [0.3, 0.4) is 0 Å². The van der Waals surface area contributed by atoms with E-state index in [1.54, 1.807) is 12.1 Å². The highest BCUT2D eigenvalue weighted by atomic mass is 16.7. The Bertz CT molecular complexity index is 592. The molecule has 1 aromatic rings. The first-order valence-corrected chi connectivity index (χ1v) is 6.83. The standard InChI is InChI=1S/C16H18O7/c1-4-14(18)22-11(3)23-16(20)13-8-6-5-7-12(13)15(19)21-9-10(2)17/h4-8,10-11,17H,1,9H2,2-3H3. The smallest absolute Gasteiger partial charge is 0.342 e. The lowest BCUT2D eigenvalue weighted by Crippen LogP contribution is -2.23. The predicted molar refractivity (Wildman–Crippen MR) is 79.6 cm³/mol. The second-order valence-corrected chi connectivity index (χ2v) is 4.61. The highest BCUT2D eigenvalue weighted by Gasteiger charge is 2.21. The molecule has 1 aromatic carbocycles. The predicted octanol–water partition coefficient (Wildman–Crippen LogP) is 1.46. The Balaban J connectivity index is 2.83. The molecule has 0 aromatic heterocycles. The fourth-order valence-corrected chi connectivity index (χ4v) is 1.56. The van der Waals surface area contributed by atoms with Gasteiger partial charge in [-0.05, 0) is 19.1 Å². The third-order valence-corrected chi connectivity index (χ3v) is 2.54. The zero-order valence-corrected chi connectivity index (χ0v) is 12.9. The highest BCUT2D eigenvalue weighted by molar-refractivity contribution is 6.03. The molecule has 2 atom stereocenters. The summed E-state index contributed by atoms with van der Waals surface area (Å²) in [5, 5.41) is 9.13. The van der Waals surface area contributed by atoms with Gasteiger partial charge < -0.3 is 19.3 Å². The van der Waals surface area contributed by atoms with Crippen molar-refractivity contribution in [3.8, 4) is 0 Å². The van der Waals surface area contributed by atoms with E-state index in [9.17, 15) is 14.4 Å². The van der Waals surface area contributed by atoms with Gasteiger partial charge in [0.1, 0.15) is 6.61 Å². The zero-order chi connectivity index (χ0) is 17.4. The topological polar surface area (TPSA) is 99.1 Å². The Labute approximate surface area is 133 Å². The van der Waals surface area contributed by atoms with Gasteiger partial charge in [-0.2, -0.15) is 0 Å². The van der Waals surface area contributed by atoms with E-state index in [0.717, 1.165) is 6.08 Å². The molecule has 23 heavy (non-hydrogen) atoms. The zero-order valence-electron chi connectivity index (χ0n) is 12.9. The monoisotopic (exact) mass is 322 g/mol. The van der Waals surface area contributed by atoms with Crippen LogP contribution in [0, 0.1) is 0 Å². The van der Waals surface area contributed by atoms with Crippen LogP contribution >= 0.6 is 0 Å². The van der Waals surface area contributed by atoms with Gasteiger partial charge in [0, 0.05) is 13.0 Å². The van der Waals surface area contributed by atoms with Crippen molar-refractivity contribution < 1.29 is 33.7 Å². The number of aliphatic hydroxyl groups excluding tert-OH is 1.